The van der Waals surface area contributed by atoms with E-state index in [2.05, 4.69) is 32.3 Å². The molecule has 2 heterocycles. The van der Waals surface area contributed by atoms with Gasteiger partial charge in [0.25, 0.3) is 0 Å². The number of piperidine rings is 1. The van der Waals surface area contributed by atoms with Gasteiger partial charge in [-0.3, -0.25) is 0 Å². The third kappa shape index (κ3) is 3.42. The fraction of sp³-hybridized carbons (Fsp3) is 0.375. The van der Waals surface area contributed by atoms with E-state index in [1.807, 2.05) is 18.2 Å². The van der Waals surface area contributed by atoms with Crippen molar-refractivity contribution < 1.29 is 4.74 Å². The van der Waals surface area contributed by atoms with Gasteiger partial charge in [-0.1, -0.05) is 18.2 Å². The number of nitrogens with one attached hydrogen (secondary N) is 1. The zero-order valence-electron chi connectivity index (χ0n) is 12.2. The lowest BCUT2D eigenvalue weighted by Gasteiger charge is -2.33. The second-order valence-electron chi connectivity index (χ2n) is 5.19. The molecule has 1 aromatic heterocycles. The number of benzene rings is 1. The van der Waals surface area contributed by atoms with Crippen LogP contribution in [0.3, 0.4) is 0 Å². The molecule has 0 aliphatic carbocycles. The minimum absolute atomic E-state index is 0.413. The summed E-state index contributed by atoms with van der Waals surface area (Å²) in [5.41, 5.74) is 1.16. The second-order valence-corrected chi connectivity index (χ2v) is 5.19. The van der Waals surface area contributed by atoms with Gasteiger partial charge >= 0.3 is 0 Å². The van der Waals surface area contributed by atoms with Crippen LogP contribution in [-0.2, 0) is 0 Å². The van der Waals surface area contributed by atoms with E-state index in [-0.39, 0.29) is 0 Å². The molecular weight excluding hydrogens is 264 g/mol. The minimum Gasteiger partial charge on any atom is -0.481 e. The largest absolute Gasteiger partial charge is 0.481 e. The van der Waals surface area contributed by atoms with E-state index in [4.69, 9.17) is 4.74 Å². The molecule has 5 heteroatoms. The molecule has 1 aliphatic rings. The summed E-state index contributed by atoms with van der Waals surface area (Å²) in [7, 11) is 1.63. The third-order valence-corrected chi connectivity index (χ3v) is 3.68. The van der Waals surface area contributed by atoms with E-state index < -0.39 is 0 Å². The number of ether oxygens (including phenoxy) is 1. The van der Waals surface area contributed by atoms with Crippen LogP contribution in [0.1, 0.15) is 12.8 Å². The molecule has 1 atom stereocenters. The van der Waals surface area contributed by atoms with Gasteiger partial charge in [-0.05, 0) is 25.0 Å². The van der Waals surface area contributed by atoms with Gasteiger partial charge in [0, 0.05) is 37.1 Å². The minimum atomic E-state index is 0.413. The molecule has 0 amide bonds. The second kappa shape index (κ2) is 6.43. The van der Waals surface area contributed by atoms with Crippen LogP contribution in [0.15, 0.2) is 42.6 Å². The Kier molecular flexibility index (Phi) is 4.19. The maximum atomic E-state index is 5.17. The van der Waals surface area contributed by atoms with Crippen LogP contribution in [0.2, 0.25) is 0 Å². The molecule has 1 aromatic carbocycles. The van der Waals surface area contributed by atoms with E-state index in [9.17, 15) is 0 Å². The SMILES string of the molecule is COc1ccnc(N2CCCC(Nc3ccccc3)C2)n1. The molecule has 1 N–H and O–H groups in total. The van der Waals surface area contributed by atoms with E-state index in [1.54, 1.807) is 19.4 Å². The van der Waals surface area contributed by atoms with Crippen molar-refractivity contribution >= 4 is 11.6 Å². The van der Waals surface area contributed by atoms with Gasteiger partial charge in [0.05, 0.1) is 7.11 Å². The van der Waals surface area contributed by atoms with Crippen LogP contribution in [0, 0.1) is 0 Å². The number of anilines is 2. The van der Waals surface area contributed by atoms with E-state index in [0.717, 1.165) is 37.6 Å². The molecule has 0 radical (unpaired) electrons. The summed E-state index contributed by atoms with van der Waals surface area (Å²) in [5.74, 6) is 1.35. The number of rotatable bonds is 4. The normalized spacial score (nSPS) is 18.3. The van der Waals surface area contributed by atoms with Crippen LogP contribution in [-0.4, -0.2) is 36.2 Å². The highest BCUT2D eigenvalue weighted by Gasteiger charge is 2.21. The van der Waals surface area contributed by atoms with E-state index in [1.165, 1.54) is 0 Å². The van der Waals surface area contributed by atoms with Crippen LogP contribution in [0.25, 0.3) is 0 Å². The highest BCUT2D eigenvalue weighted by molar-refractivity contribution is 5.44. The average Bonchev–Trinajstić information content (AvgIpc) is 2.56. The summed E-state index contributed by atoms with van der Waals surface area (Å²) in [6.45, 7) is 1.89. The molecule has 0 spiro atoms. The van der Waals surface area contributed by atoms with Crippen molar-refractivity contribution in [2.45, 2.75) is 18.9 Å². The molecule has 0 saturated carbocycles. The smallest absolute Gasteiger partial charge is 0.228 e. The first kappa shape index (κ1) is 13.7. The Morgan fingerprint density at radius 3 is 2.90 bits per heavy atom. The van der Waals surface area contributed by atoms with Crippen molar-refractivity contribution in [3.8, 4) is 5.88 Å². The Bertz CT molecular complexity index is 575. The predicted molar refractivity (Wildman–Crippen MR) is 83.9 cm³/mol. The van der Waals surface area contributed by atoms with Gasteiger partial charge in [-0.2, -0.15) is 4.98 Å². The van der Waals surface area contributed by atoms with Gasteiger partial charge in [0.1, 0.15) is 0 Å². The number of hydrogen-bond donors (Lipinski definition) is 1. The maximum Gasteiger partial charge on any atom is 0.228 e. The van der Waals surface area contributed by atoms with Crippen LogP contribution < -0.4 is 15.0 Å². The Morgan fingerprint density at radius 2 is 2.10 bits per heavy atom. The maximum absolute atomic E-state index is 5.17. The summed E-state index contributed by atoms with van der Waals surface area (Å²) in [6.07, 6.45) is 4.04. The van der Waals surface area contributed by atoms with E-state index in [0.29, 0.717) is 11.9 Å². The Hall–Kier alpha value is -2.30. The summed E-state index contributed by atoms with van der Waals surface area (Å²) in [5, 5.41) is 3.58. The number of hydrogen-bond acceptors (Lipinski definition) is 5. The van der Waals surface area contributed by atoms with Gasteiger partial charge < -0.3 is 15.0 Å². The zero-order chi connectivity index (χ0) is 14.5. The first-order chi connectivity index (χ1) is 10.3. The first-order valence-corrected chi connectivity index (χ1v) is 7.29. The van der Waals surface area contributed by atoms with Crippen LogP contribution in [0.5, 0.6) is 5.88 Å². The summed E-state index contributed by atoms with van der Waals surface area (Å²) < 4.78 is 5.17. The van der Waals surface area contributed by atoms with E-state index >= 15 is 0 Å². The Labute approximate surface area is 125 Å². The molecule has 0 bridgehead atoms. The first-order valence-electron chi connectivity index (χ1n) is 7.29. The summed E-state index contributed by atoms with van der Waals surface area (Å²) in [4.78, 5) is 11.0. The van der Waals surface area contributed by atoms with Crippen LogP contribution >= 0.6 is 0 Å². The average molecular weight is 284 g/mol. The lowest BCUT2D eigenvalue weighted by Crippen LogP contribution is -2.42. The Morgan fingerprint density at radius 1 is 1.24 bits per heavy atom. The molecule has 1 aliphatic heterocycles. The molecular formula is C16H20N4O. The lowest BCUT2D eigenvalue weighted by molar-refractivity contribution is 0.395. The Balaban J connectivity index is 1.67. The fourth-order valence-corrected chi connectivity index (χ4v) is 2.65. The number of nitrogens with zero attached hydrogens (tertiary/aromatic N) is 3. The van der Waals surface area contributed by atoms with Crippen molar-refractivity contribution in [1.82, 2.24) is 9.97 Å². The quantitative estimate of drug-likeness (QED) is 0.935. The monoisotopic (exact) mass is 284 g/mol. The topological polar surface area (TPSA) is 50.3 Å². The van der Waals surface area contributed by atoms with Crippen molar-refractivity contribution in [3.63, 3.8) is 0 Å². The van der Waals surface area contributed by atoms with Gasteiger partial charge in [-0.25, -0.2) is 4.98 Å². The molecule has 1 unspecified atom stereocenters. The number of aromatic nitrogens is 2. The molecule has 1 fully saturated rings. The molecule has 21 heavy (non-hydrogen) atoms. The molecule has 110 valence electrons. The number of methoxy groups -OCH3 is 1. The highest BCUT2D eigenvalue weighted by atomic mass is 16.5. The summed E-state index contributed by atoms with van der Waals surface area (Å²) in [6, 6.07) is 12.5. The molecule has 5 nitrogen and oxygen atoms in total. The number of para-hydroxylation sites is 1. The molecule has 3 rings (SSSR count). The van der Waals surface area contributed by atoms with Gasteiger partial charge in [-0.15, -0.1) is 0 Å². The zero-order valence-corrected chi connectivity index (χ0v) is 12.2. The standard InChI is InChI=1S/C16H20N4O/c1-21-15-9-10-17-16(19-15)20-11-5-8-14(12-20)18-13-6-3-2-4-7-13/h2-4,6-7,9-10,14,18H,5,8,11-12H2,1H3. The highest BCUT2D eigenvalue weighted by Crippen LogP contribution is 2.20. The molecule has 1 saturated heterocycles. The lowest BCUT2D eigenvalue weighted by atomic mass is 10.1. The fourth-order valence-electron chi connectivity index (χ4n) is 2.65. The molecule has 2 aromatic rings. The van der Waals surface area contributed by atoms with Crippen molar-refractivity contribution in [3.05, 3.63) is 42.6 Å². The van der Waals surface area contributed by atoms with Crippen molar-refractivity contribution in [1.29, 1.82) is 0 Å². The third-order valence-electron chi connectivity index (χ3n) is 3.68. The van der Waals surface area contributed by atoms with Crippen molar-refractivity contribution in [2.24, 2.45) is 0 Å². The van der Waals surface area contributed by atoms with Gasteiger partial charge in [0.15, 0.2) is 0 Å². The van der Waals surface area contributed by atoms with Crippen LogP contribution in [0.4, 0.5) is 11.6 Å². The summed E-state index contributed by atoms with van der Waals surface area (Å²) >= 11 is 0. The van der Waals surface area contributed by atoms with Gasteiger partial charge in [0.2, 0.25) is 11.8 Å². The predicted octanol–water partition coefficient (Wildman–Crippen LogP) is 2.57. The van der Waals surface area contributed by atoms with Crippen molar-refractivity contribution in [2.75, 3.05) is 30.4 Å².